The van der Waals surface area contributed by atoms with Crippen molar-refractivity contribution >= 4 is 39.0 Å². The van der Waals surface area contributed by atoms with E-state index in [-0.39, 0.29) is 18.9 Å². The van der Waals surface area contributed by atoms with Crippen LogP contribution in [-0.4, -0.2) is 39.0 Å². The number of aliphatic carboxylic acids is 1. The van der Waals surface area contributed by atoms with Crippen LogP contribution in [0.15, 0.2) is 0 Å². The van der Waals surface area contributed by atoms with Gasteiger partial charge in [-0.15, -0.1) is 0 Å². The van der Waals surface area contributed by atoms with Crippen molar-refractivity contribution in [2.75, 3.05) is 0 Å². The fourth-order valence-electron chi connectivity index (χ4n) is 0.479. The molecule has 0 amide bonds. The van der Waals surface area contributed by atoms with Gasteiger partial charge in [0.15, 0.2) is 0 Å². The number of rotatable bonds is 3. The molecule has 0 aliphatic rings. The summed E-state index contributed by atoms with van der Waals surface area (Å²) in [6, 6.07) is 0. The smallest absolute Gasteiger partial charge is 0.551 e. The standard InChI is InChI=1S/4C2H4O2.Al.Li/c4*1-2(3)4;;/h4*1H3,(H,3,4);;/q;;;;+3;+1/p-4. The Balaban J connectivity index is -0.000000392. The Morgan fingerprint density at radius 1 is 0.778 bits per heavy atom. The van der Waals surface area contributed by atoms with Crippen LogP contribution in [0.5, 0.6) is 0 Å². The zero-order valence-electron chi connectivity index (χ0n) is 10.8. The van der Waals surface area contributed by atoms with E-state index in [0.29, 0.717) is 0 Å². The summed E-state index contributed by atoms with van der Waals surface area (Å²) >= 11 is -2.96. The number of hydrogen-bond acceptors (Lipinski definition) is 8. The molecule has 8 nitrogen and oxygen atoms in total. The first-order chi connectivity index (χ1) is 7.65. The van der Waals surface area contributed by atoms with Crippen LogP contribution in [0, 0.1) is 0 Å². The van der Waals surface area contributed by atoms with E-state index in [1.165, 1.54) is 0 Å². The molecule has 10 heteroatoms. The van der Waals surface area contributed by atoms with Gasteiger partial charge >= 0.3 is 34.0 Å². The molecular formula is C8H12AlLiO8. The van der Waals surface area contributed by atoms with E-state index >= 15 is 0 Å². The minimum atomic E-state index is -2.96. The quantitative estimate of drug-likeness (QED) is 0.470. The molecule has 0 rings (SSSR count). The minimum absolute atomic E-state index is 0. The normalized spacial score (nSPS) is 7.56. The second kappa shape index (κ2) is 12.5. The zero-order chi connectivity index (χ0) is 14.0. The molecule has 0 atom stereocenters. The molecule has 0 aromatic carbocycles. The van der Waals surface area contributed by atoms with Gasteiger partial charge in [0.25, 0.3) is 17.9 Å². The van der Waals surface area contributed by atoms with E-state index in [1.54, 1.807) is 0 Å². The SMILES string of the molecule is CC(=O)[O-].CC(=O)[O][Al]([O]C(C)=O)[O]C(C)=O.[Li+]. The summed E-state index contributed by atoms with van der Waals surface area (Å²) in [4.78, 5) is 40.2. The van der Waals surface area contributed by atoms with Gasteiger partial charge in [0.2, 0.25) is 0 Å². The molecule has 0 unspecified atom stereocenters. The van der Waals surface area contributed by atoms with E-state index in [0.717, 1.165) is 27.7 Å². The number of carboxylic acid groups (broad SMARTS) is 1. The van der Waals surface area contributed by atoms with Crippen molar-refractivity contribution in [3.8, 4) is 0 Å². The summed E-state index contributed by atoms with van der Waals surface area (Å²) in [6.45, 7) is 4.37. The molecule has 0 fully saturated rings. The molecule has 0 aliphatic carbocycles. The van der Waals surface area contributed by atoms with Crippen LogP contribution in [0.4, 0.5) is 0 Å². The molecular weight excluding hydrogens is 258 g/mol. The third-order valence-electron chi connectivity index (χ3n) is 0.787. The van der Waals surface area contributed by atoms with Gasteiger partial charge in [0.1, 0.15) is 0 Å². The van der Waals surface area contributed by atoms with Gasteiger partial charge < -0.3 is 21.3 Å². The van der Waals surface area contributed by atoms with E-state index in [4.69, 9.17) is 9.90 Å². The van der Waals surface area contributed by atoms with E-state index < -0.39 is 39.0 Å². The Labute approximate surface area is 121 Å². The second-order valence-electron chi connectivity index (χ2n) is 2.61. The van der Waals surface area contributed by atoms with Crippen molar-refractivity contribution in [1.29, 1.82) is 0 Å². The third-order valence-corrected chi connectivity index (χ3v) is 2.36. The van der Waals surface area contributed by atoms with Crippen molar-refractivity contribution in [2.45, 2.75) is 27.7 Å². The molecule has 18 heavy (non-hydrogen) atoms. The summed E-state index contributed by atoms with van der Waals surface area (Å²) in [5.74, 6) is -3.04. The number of carbonyl (C=O) groups excluding carboxylic acids is 4. The van der Waals surface area contributed by atoms with Crippen LogP contribution in [-0.2, 0) is 30.5 Å². The van der Waals surface area contributed by atoms with Gasteiger partial charge in [-0.2, -0.15) is 0 Å². The molecule has 0 radical (unpaired) electrons. The van der Waals surface area contributed by atoms with Crippen molar-refractivity contribution in [3.63, 3.8) is 0 Å². The van der Waals surface area contributed by atoms with Crippen molar-refractivity contribution < 1.29 is 54.5 Å². The summed E-state index contributed by atoms with van der Waals surface area (Å²) in [7, 11) is 0. The second-order valence-corrected chi connectivity index (χ2v) is 3.89. The van der Waals surface area contributed by atoms with Crippen LogP contribution in [0.1, 0.15) is 27.7 Å². The van der Waals surface area contributed by atoms with Crippen molar-refractivity contribution in [2.24, 2.45) is 0 Å². The Kier molecular flexibility index (Phi) is 15.4. The van der Waals surface area contributed by atoms with Crippen LogP contribution in [0.3, 0.4) is 0 Å². The van der Waals surface area contributed by atoms with Crippen molar-refractivity contribution in [1.82, 2.24) is 0 Å². The fraction of sp³-hybridized carbons (Fsp3) is 0.500. The first-order valence-corrected chi connectivity index (χ1v) is 5.75. The van der Waals surface area contributed by atoms with E-state index in [9.17, 15) is 14.4 Å². The van der Waals surface area contributed by atoms with Gasteiger partial charge in [-0.3, -0.25) is 14.4 Å². The maximum absolute atomic E-state index is 10.4. The maximum Gasteiger partial charge on any atom is 1.20 e. The minimum Gasteiger partial charge on any atom is -0.551 e. The maximum atomic E-state index is 10.4. The average molecular weight is 270 g/mol. The molecule has 0 aliphatic heterocycles. The predicted molar refractivity (Wildman–Crippen MR) is 51.7 cm³/mol. The first-order valence-electron chi connectivity index (χ1n) is 4.34. The predicted octanol–water partition coefficient (Wildman–Crippen LogP) is -4.58. The molecule has 0 N–H and O–H groups in total. The monoisotopic (exact) mass is 270 g/mol. The largest absolute Gasteiger partial charge is 1.20 e. The Morgan fingerprint density at radius 2 is 0.944 bits per heavy atom. The van der Waals surface area contributed by atoms with Gasteiger partial charge in [0, 0.05) is 26.7 Å². The van der Waals surface area contributed by atoms with E-state index in [1.807, 2.05) is 0 Å². The van der Waals surface area contributed by atoms with Crippen LogP contribution >= 0.6 is 0 Å². The number of carbonyl (C=O) groups is 4. The topological polar surface area (TPSA) is 119 Å². The number of carboxylic acids is 1. The molecule has 0 saturated heterocycles. The number of hydrogen-bond donors (Lipinski definition) is 0. The Bertz CT molecular complexity index is 263. The molecule has 0 saturated carbocycles. The Morgan fingerprint density at radius 3 is 1.06 bits per heavy atom. The third kappa shape index (κ3) is 24.3. The van der Waals surface area contributed by atoms with Gasteiger partial charge in [0.05, 0.1) is 0 Å². The first kappa shape index (κ1) is 22.2. The molecule has 0 aromatic rings. The summed E-state index contributed by atoms with van der Waals surface area (Å²) in [5.41, 5.74) is 0. The molecule has 0 spiro atoms. The summed E-state index contributed by atoms with van der Waals surface area (Å²) in [6.07, 6.45) is 0. The average Bonchev–Trinajstić information content (AvgIpc) is 1.96. The van der Waals surface area contributed by atoms with Crippen molar-refractivity contribution in [3.05, 3.63) is 0 Å². The van der Waals surface area contributed by atoms with Gasteiger partial charge in [-0.05, 0) is 6.92 Å². The van der Waals surface area contributed by atoms with Crippen LogP contribution in [0.25, 0.3) is 0 Å². The summed E-state index contributed by atoms with van der Waals surface area (Å²) in [5, 5.41) is 8.89. The summed E-state index contributed by atoms with van der Waals surface area (Å²) < 4.78 is 13.5. The molecule has 96 valence electrons. The van der Waals surface area contributed by atoms with Gasteiger partial charge in [-0.25, -0.2) is 0 Å². The zero-order valence-corrected chi connectivity index (χ0v) is 12.0. The molecule has 0 heterocycles. The fourth-order valence-corrected chi connectivity index (χ4v) is 1.44. The van der Waals surface area contributed by atoms with Crippen LogP contribution < -0.4 is 24.0 Å². The molecule has 0 bridgehead atoms. The van der Waals surface area contributed by atoms with E-state index in [2.05, 4.69) is 11.4 Å². The molecule has 0 aromatic heterocycles. The van der Waals surface area contributed by atoms with Crippen LogP contribution in [0.2, 0.25) is 0 Å². The van der Waals surface area contributed by atoms with Gasteiger partial charge in [-0.1, -0.05) is 0 Å². The Hall–Kier alpha value is -0.990.